The van der Waals surface area contributed by atoms with Crippen LogP contribution >= 0.6 is 12.4 Å². The van der Waals surface area contributed by atoms with Gasteiger partial charge in [0.15, 0.2) is 0 Å². The highest BCUT2D eigenvalue weighted by atomic mass is 35.5. The Labute approximate surface area is 140 Å². The van der Waals surface area contributed by atoms with Crippen LogP contribution in [0.1, 0.15) is 44.6 Å². The second-order valence-corrected chi connectivity index (χ2v) is 5.55. The minimum Gasteiger partial charge on any atom is -0.491 e. The number of amides is 1. The number of unbranched alkanes of at least 4 members (excludes halogenated alkanes) is 3. The Morgan fingerprint density at radius 2 is 2.00 bits per heavy atom. The zero-order valence-electron chi connectivity index (χ0n) is 13.6. The van der Waals surface area contributed by atoms with Crippen molar-refractivity contribution in [2.75, 3.05) is 13.2 Å². The number of nitrogens with two attached hydrogens (primary N) is 1. The monoisotopic (exact) mass is 328 g/mol. The van der Waals surface area contributed by atoms with Gasteiger partial charge < -0.3 is 15.8 Å². The number of benzene rings is 1. The molecule has 1 unspecified atom stereocenters. The maximum atomic E-state index is 11.8. The molecule has 0 saturated carbocycles. The van der Waals surface area contributed by atoms with Crippen LogP contribution in [-0.2, 0) is 4.79 Å². The van der Waals surface area contributed by atoms with Gasteiger partial charge >= 0.3 is 0 Å². The van der Waals surface area contributed by atoms with Crippen molar-refractivity contribution in [3.05, 3.63) is 29.8 Å². The van der Waals surface area contributed by atoms with Crippen LogP contribution in [-0.4, -0.2) is 25.1 Å². The van der Waals surface area contributed by atoms with Gasteiger partial charge in [-0.1, -0.05) is 25.0 Å². The molecule has 0 aliphatic rings. The number of ether oxygens (including phenoxy) is 1. The summed E-state index contributed by atoms with van der Waals surface area (Å²) in [4.78, 5) is 11.8. The van der Waals surface area contributed by atoms with Gasteiger partial charge in [-0.25, -0.2) is 0 Å². The quantitative estimate of drug-likeness (QED) is 0.648. The third-order valence-electron chi connectivity index (χ3n) is 3.25. The minimum absolute atomic E-state index is 0. The van der Waals surface area contributed by atoms with Crippen molar-refractivity contribution in [1.29, 1.82) is 0 Å². The molecule has 0 aliphatic carbocycles. The predicted molar refractivity (Wildman–Crippen MR) is 93.7 cm³/mol. The van der Waals surface area contributed by atoms with Crippen LogP contribution in [0.3, 0.4) is 0 Å². The summed E-state index contributed by atoms with van der Waals surface area (Å²) in [6, 6.07) is 7.94. The maximum absolute atomic E-state index is 11.8. The van der Waals surface area contributed by atoms with Crippen molar-refractivity contribution < 1.29 is 9.53 Å². The molecule has 22 heavy (non-hydrogen) atoms. The lowest BCUT2D eigenvalue weighted by Gasteiger charge is -2.15. The van der Waals surface area contributed by atoms with E-state index >= 15 is 0 Å². The van der Waals surface area contributed by atoms with Gasteiger partial charge in [-0.05, 0) is 50.9 Å². The first-order chi connectivity index (χ1) is 10.1. The molecule has 0 spiro atoms. The van der Waals surface area contributed by atoms with E-state index in [2.05, 4.69) is 5.32 Å². The Kier molecular flexibility index (Phi) is 11.6. The van der Waals surface area contributed by atoms with Gasteiger partial charge in [-0.15, -0.1) is 12.4 Å². The van der Waals surface area contributed by atoms with Gasteiger partial charge in [0.1, 0.15) is 12.4 Å². The van der Waals surface area contributed by atoms with E-state index in [1.807, 2.05) is 38.1 Å². The molecule has 0 saturated heterocycles. The number of rotatable bonds is 10. The van der Waals surface area contributed by atoms with Crippen LogP contribution in [0.2, 0.25) is 0 Å². The highest BCUT2D eigenvalue weighted by molar-refractivity contribution is 5.85. The van der Waals surface area contributed by atoms with Crippen LogP contribution in [0.4, 0.5) is 0 Å². The molecule has 0 radical (unpaired) electrons. The van der Waals surface area contributed by atoms with E-state index in [0.29, 0.717) is 13.0 Å². The molecule has 0 bridgehead atoms. The molecule has 1 aromatic carbocycles. The fourth-order valence-corrected chi connectivity index (χ4v) is 2.10. The van der Waals surface area contributed by atoms with Gasteiger partial charge in [0.05, 0.1) is 6.04 Å². The Bertz CT molecular complexity index is 427. The molecule has 1 amide bonds. The summed E-state index contributed by atoms with van der Waals surface area (Å²) in [6.07, 6.45) is 4.73. The average Bonchev–Trinajstić information content (AvgIpc) is 2.45. The average molecular weight is 329 g/mol. The molecular weight excluding hydrogens is 300 g/mol. The summed E-state index contributed by atoms with van der Waals surface area (Å²) in [5.74, 6) is 0.945. The van der Waals surface area contributed by atoms with Gasteiger partial charge in [-0.3, -0.25) is 4.79 Å². The predicted octanol–water partition coefficient (Wildman–Crippen LogP) is 3.21. The lowest BCUT2D eigenvalue weighted by atomic mass is 10.1. The molecule has 0 heterocycles. The fourth-order valence-electron chi connectivity index (χ4n) is 2.10. The zero-order chi connectivity index (χ0) is 15.5. The number of carbonyl (C=O) groups is 1. The number of halogens is 1. The molecule has 0 aliphatic heterocycles. The van der Waals surface area contributed by atoms with Crippen LogP contribution in [0.15, 0.2) is 24.3 Å². The number of carbonyl (C=O) groups excluding carboxylic acids is 1. The number of hydrogen-bond donors (Lipinski definition) is 2. The van der Waals surface area contributed by atoms with E-state index in [0.717, 1.165) is 38.0 Å². The first kappa shape index (κ1) is 20.7. The molecule has 1 atom stereocenters. The summed E-state index contributed by atoms with van der Waals surface area (Å²) in [5.41, 5.74) is 6.60. The first-order valence-electron chi connectivity index (χ1n) is 7.80. The van der Waals surface area contributed by atoms with E-state index in [1.54, 1.807) is 0 Å². The Morgan fingerprint density at radius 1 is 1.27 bits per heavy atom. The van der Waals surface area contributed by atoms with Crippen LogP contribution < -0.4 is 15.8 Å². The Hall–Kier alpha value is -1.26. The lowest BCUT2D eigenvalue weighted by Crippen LogP contribution is -2.36. The van der Waals surface area contributed by atoms with Crippen molar-refractivity contribution >= 4 is 18.3 Å². The summed E-state index contributed by atoms with van der Waals surface area (Å²) in [5, 5.41) is 2.97. The maximum Gasteiger partial charge on any atom is 0.220 e. The van der Waals surface area contributed by atoms with E-state index in [9.17, 15) is 4.79 Å². The number of nitrogens with one attached hydrogen (secondary N) is 1. The Morgan fingerprint density at radius 3 is 2.68 bits per heavy atom. The van der Waals surface area contributed by atoms with E-state index in [1.165, 1.54) is 5.56 Å². The zero-order valence-corrected chi connectivity index (χ0v) is 14.5. The molecule has 1 aromatic rings. The van der Waals surface area contributed by atoms with Gasteiger partial charge in [0.2, 0.25) is 5.91 Å². The summed E-state index contributed by atoms with van der Waals surface area (Å²) < 4.78 is 5.68. The Balaban J connectivity index is 0.00000441. The highest BCUT2D eigenvalue weighted by Crippen LogP contribution is 2.12. The van der Waals surface area contributed by atoms with Gasteiger partial charge in [0.25, 0.3) is 0 Å². The van der Waals surface area contributed by atoms with E-state index < -0.39 is 0 Å². The second kappa shape index (κ2) is 12.3. The standard InChI is InChI=1S/C17H28N2O2.ClH/c1-14-8-7-9-16(12-14)21-13-15(2)19-17(20)10-5-3-4-6-11-18;/h7-9,12,15H,3-6,10-11,13,18H2,1-2H3,(H,19,20);1H. The molecular formula is C17H29ClN2O2. The van der Waals surface area contributed by atoms with Gasteiger partial charge in [0, 0.05) is 6.42 Å². The largest absolute Gasteiger partial charge is 0.491 e. The van der Waals surface area contributed by atoms with Crippen LogP contribution in [0.25, 0.3) is 0 Å². The van der Waals surface area contributed by atoms with Crippen molar-refractivity contribution in [3.63, 3.8) is 0 Å². The van der Waals surface area contributed by atoms with Crippen LogP contribution in [0.5, 0.6) is 5.75 Å². The van der Waals surface area contributed by atoms with Crippen molar-refractivity contribution in [1.82, 2.24) is 5.32 Å². The van der Waals surface area contributed by atoms with E-state index in [-0.39, 0.29) is 24.4 Å². The first-order valence-corrected chi connectivity index (χ1v) is 7.80. The fraction of sp³-hybridized carbons (Fsp3) is 0.588. The number of aryl methyl sites for hydroxylation is 1. The summed E-state index contributed by atoms with van der Waals surface area (Å²) >= 11 is 0. The molecule has 4 nitrogen and oxygen atoms in total. The molecule has 5 heteroatoms. The third kappa shape index (κ3) is 9.64. The highest BCUT2D eigenvalue weighted by Gasteiger charge is 2.08. The number of hydrogen-bond acceptors (Lipinski definition) is 3. The smallest absolute Gasteiger partial charge is 0.220 e. The minimum atomic E-state index is 0. The molecule has 126 valence electrons. The molecule has 1 rings (SSSR count). The second-order valence-electron chi connectivity index (χ2n) is 5.55. The van der Waals surface area contributed by atoms with Crippen molar-refractivity contribution in [2.45, 2.75) is 52.0 Å². The van der Waals surface area contributed by atoms with Crippen molar-refractivity contribution in [3.8, 4) is 5.75 Å². The molecule has 0 fully saturated rings. The van der Waals surface area contributed by atoms with Crippen LogP contribution in [0, 0.1) is 6.92 Å². The topological polar surface area (TPSA) is 64.3 Å². The summed E-state index contributed by atoms with van der Waals surface area (Å²) in [7, 11) is 0. The SMILES string of the molecule is Cc1cccc(OCC(C)NC(=O)CCCCCCN)c1.Cl. The third-order valence-corrected chi connectivity index (χ3v) is 3.25. The van der Waals surface area contributed by atoms with Gasteiger partial charge in [-0.2, -0.15) is 0 Å². The lowest BCUT2D eigenvalue weighted by molar-refractivity contribution is -0.122. The van der Waals surface area contributed by atoms with Crippen molar-refractivity contribution in [2.24, 2.45) is 5.73 Å². The molecule has 3 N–H and O–H groups in total. The normalized spacial score (nSPS) is 11.4. The molecule has 0 aromatic heterocycles. The van der Waals surface area contributed by atoms with E-state index in [4.69, 9.17) is 10.5 Å². The summed E-state index contributed by atoms with van der Waals surface area (Å²) in [6.45, 7) is 5.22.